The quantitative estimate of drug-likeness (QED) is 0.904. The molecule has 1 aromatic carbocycles. The van der Waals surface area contributed by atoms with Crippen molar-refractivity contribution in [3.05, 3.63) is 29.5 Å². The van der Waals surface area contributed by atoms with Crippen LogP contribution in [0, 0.1) is 6.92 Å². The van der Waals surface area contributed by atoms with Gasteiger partial charge in [0.25, 0.3) is 0 Å². The van der Waals surface area contributed by atoms with Crippen LogP contribution >= 0.6 is 0 Å². The molecule has 5 heteroatoms. The number of pyridine rings is 1. The standard InChI is InChI=1S/C15H18N2O3/c1-9-6-10(4-5-14(16)18)17-15-12(9)7-11(19-2)8-13(15)20-3/h6-8H,4-5H2,1-3H3,(H2,16,18). The average molecular weight is 274 g/mol. The molecule has 5 nitrogen and oxygen atoms in total. The molecular weight excluding hydrogens is 256 g/mol. The number of nitrogens with two attached hydrogens (primary N) is 1. The third kappa shape index (κ3) is 2.82. The number of ether oxygens (including phenoxy) is 2. The number of fused-ring (bicyclic) bond motifs is 1. The van der Waals surface area contributed by atoms with Gasteiger partial charge in [-0.2, -0.15) is 0 Å². The lowest BCUT2D eigenvalue weighted by atomic mass is 10.1. The number of hydrogen-bond donors (Lipinski definition) is 1. The van der Waals surface area contributed by atoms with Crippen molar-refractivity contribution in [1.29, 1.82) is 0 Å². The van der Waals surface area contributed by atoms with Crippen LogP contribution in [0.15, 0.2) is 18.2 Å². The summed E-state index contributed by atoms with van der Waals surface area (Å²) in [5.41, 5.74) is 7.84. The van der Waals surface area contributed by atoms with Crippen molar-refractivity contribution in [3.63, 3.8) is 0 Å². The summed E-state index contributed by atoms with van der Waals surface area (Å²) in [5, 5.41) is 0.976. The zero-order valence-electron chi connectivity index (χ0n) is 11.9. The third-order valence-corrected chi connectivity index (χ3v) is 3.19. The fraction of sp³-hybridized carbons (Fsp3) is 0.333. The van der Waals surface area contributed by atoms with E-state index in [1.807, 2.05) is 19.1 Å². The van der Waals surface area contributed by atoms with Crippen molar-refractivity contribution < 1.29 is 14.3 Å². The zero-order chi connectivity index (χ0) is 14.7. The number of methoxy groups -OCH3 is 2. The minimum absolute atomic E-state index is 0.288. The molecule has 0 saturated heterocycles. The molecule has 0 spiro atoms. The molecule has 2 rings (SSSR count). The molecule has 2 aromatic rings. The molecule has 20 heavy (non-hydrogen) atoms. The molecule has 0 aliphatic carbocycles. The summed E-state index contributed by atoms with van der Waals surface area (Å²) in [4.78, 5) is 15.4. The van der Waals surface area contributed by atoms with Crippen molar-refractivity contribution in [3.8, 4) is 11.5 Å². The van der Waals surface area contributed by atoms with Crippen LogP contribution in [0.1, 0.15) is 17.7 Å². The minimum Gasteiger partial charge on any atom is -0.497 e. The fourth-order valence-electron chi connectivity index (χ4n) is 2.15. The van der Waals surface area contributed by atoms with Crippen molar-refractivity contribution in [1.82, 2.24) is 4.98 Å². The molecule has 0 unspecified atom stereocenters. The fourth-order valence-corrected chi connectivity index (χ4v) is 2.15. The summed E-state index contributed by atoms with van der Waals surface area (Å²) in [6, 6.07) is 5.69. The van der Waals surface area contributed by atoms with Gasteiger partial charge in [0.05, 0.1) is 14.2 Å². The van der Waals surface area contributed by atoms with Crippen LogP contribution in [0.5, 0.6) is 11.5 Å². The van der Waals surface area contributed by atoms with E-state index < -0.39 is 0 Å². The number of aromatic nitrogens is 1. The second kappa shape index (κ2) is 5.77. The molecule has 2 N–H and O–H groups in total. The van der Waals surface area contributed by atoms with Gasteiger partial charge in [-0.05, 0) is 31.0 Å². The van der Waals surface area contributed by atoms with Crippen LogP contribution < -0.4 is 15.2 Å². The van der Waals surface area contributed by atoms with Gasteiger partial charge in [0.15, 0.2) is 0 Å². The second-order valence-corrected chi connectivity index (χ2v) is 4.62. The van der Waals surface area contributed by atoms with E-state index in [1.165, 1.54) is 0 Å². The van der Waals surface area contributed by atoms with E-state index in [-0.39, 0.29) is 12.3 Å². The van der Waals surface area contributed by atoms with Gasteiger partial charge < -0.3 is 15.2 Å². The number of primary amides is 1. The molecule has 0 aliphatic rings. The molecule has 0 atom stereocenters. The van der Waals surface area contributed by atoms with Gasteiger partial charge in [0, 0.05) is 23.6 Å². The Hall–Kier alpha value is -2.30. The normalized spacial score (nSPS) is 10.6. The second-order valence-electron chi connectivity index (χ2n) is 4.62. The zero-order valence-corrected chi connectivity index (χ0v) is 11.9. The number of benzene rings is 1. The Bertz CT molecular complexity index is 653. The number of rotatable bonds is 5. The average Bonchev–Trinajstić information content (AvgIpc) is 2.44. The Morgan fingerprint density at radius 1 is 1.25 bits per heavy atom. The number of carbonyl (C=O) groups is 1. The van der Waals surface area contributed by atoms with E-state index in [0.717, 1.165) is 27.9 Å². The maximum Gasteiger partial charge on any atom is 0.217 e. The van der Waals surface area contributed by atoms with Gasteiger partial charge in [-0.15, -0.1) is 0 Å². The first-order chi connectivity index (χ1) is 9.55. The maximum atomic E-state index is 10.9. The van der Waals surface area contributed by atoms with Gasteiger partial charge >= 0.3 is 0 Å². The highest BCUT2D eigenvalue weighted by atomic mass is 16.5. The van der Waals surface area contributed by atoms with Gasteiger partial charge in [-0.25, -0.2) is 4.98 Å². The van der Waals surface area contributed by atoms with Gasteiger partial charge in [0.1, 0.15) is 17.0 Å². The first kappa shape index (κ1) is 14.1. The van der Waals surface area contributed by atoms with E-state index in [2.05, 4.69) is 4.98 Å². The van der Waals surface area contributed by atoms with Gasteiger partial charge in [-0.3, -0.25) is 4.79 Å². The van der Waals surface area contributed by atoms with Crippen molar-refractivity contribution >= 4 is 16.8 Å². The Labute approximate surface area is 117 Å². The molecule has 0 bridgehead atoms. The number of hydrogen-bond acceptors (Lipinski definition) is 4. The number of aryl methyl sites for hydroxylation is 2. The summed E-state index contributed by atoms with van der Waals surface area (Å²) >= 11 is 0. The Morgan fingerprint density at radius 3 is 2.60 bits per heavy atom. The van der Waals surface area contributed by atoms with Crippen LogP contribution in [0.2, 0.25) is 0 Å². The molecule has 0 aliphatic heterocycles. The first-order valence-corrected chi connectivity index (χ1v) is 6.35. The summed E-state index contributed by atoms with van der Waals surface area (Å²) in [6.07, 6.45) is 0.817. The van der Waals surface area contributed by atoms with Crippen LogP contribution in [0.4, 0.5) is 0 Å². The predicted molar refractivity (Wildman–Crippen MR) is 77.1 cm³/mol. The summed E-state index contributed by atoms with van der Waals surface area (Å²) in [7, 11) is 3.21. The lowest BCUT2D eigenvalue weighted by molar-refractivity contribution is -0.118. The Morgan fingerprint density at radius 2 is 2.00 bits per heavy atom. The van der Waals surface area contributed by atoms with Crippen molar-refractivity contribution in [2.24, 2.45) is 5.73 Å². The Kier molecular flexibility index (Phi) is 4.08. The van der Waals surface area contributed by atoms with Crippen LogP contribution in [0.3, 0.4) is 0 Å². The maximum absolute atomic E-state index is 10.9. The van der Waals surface area contributed by atoms with Crippen LogP contribution in [0.25, 0.3) is 10.9 Å². The Balaban J connectivity index is 2.54. The third-order valence-electron chi connectivity index (χ3n) is 3.19. The van der Waals surface area contributed by atoms with Gasteiger partial charge in [-0.1, -0.05) is 0 Å². The highest BCUT2D eigenvalue weighted by molar-refractivity contribution is 5.89. The summed E-state index contributed by atoms with van der Waals surface area (Å²) in [5.74, 6) is 1.05. The highest BCUT2D eigenvalue weighted by Crippen LogP contribution is 2.32. The molecule has 0 radical (unpaired) electrons. The molecule has 0 fully saturated rings. The van der Waals surface area contributed by atoms with E-state index in [4.69, 9.17) is 15.2 Å². The molecule has 106 valence electrons. The molecule has 1 amide bonds. The minimum atomic E-state index is -0.328. The number of carbonyl (C=O) groups excluding carboxylic acids is 1. The van der Waals surface area contributed by atoms with E-state index in [0.29, 0.717) is 12.2 Å². The first-order valence-electron chi connectivity index (χ1n) is 6.35. The van der Waals surface area contributed by atoms with E-state index in [1.54, 1.807) is 20.3 Å². The predicted octanol–water partition coefficient (Wildman–Crippen LogP) is 1.98. The van der Waals surface area contributed by atoms with Crippen molar-refractivity contribution in [2.75, 3.05) is 14.2 Å². The lowest BCUT2D eigenvalue weighted by Crippen LogP contribution is -2.11. The lowest BCUT2D eigenvalue weighted by Gasteiger charge is -2.11. The van der Waals surface area contributed by atoms with E-state index >= 15 is 0 Å². The summed E-state index contributed by atoms with van der Waals surface area (Å²) < 4.78 is 10.6. The van der Waals surface area contributed by atoms with Crippen molar-refractivity contribution in [2.45, 2.75) is 19.8 Å². The number of nitrogens with zero attached hydrogens (tertiary/aromatic N) is 1. The number of amides is 1. The van der Waals surface area contributed by atoms with E-state index in [9.17, 15) is 4.79 Å². The van der Waals surface area contributed by atoms with Gasteiger partial charge in [0.2, 0.25) is 5.91 Å². The monoisotopic (exact) mass is 274 g/mol. The van der Waals surface area contributed by atoms with Crippen LogP contribution in [-0.4, -0.2) is 25.1 Å². The molecule has 1 heterocycles. The topological polar surface area (TPSA) is 74.4 Å². The SMILES string of the molecule is COc1cc(OC)c2nc(CCC(N)=O)cc(C)c2c1. The molecular formula is C15H18N2O3. The summed E-state index contributed by atoms with van der Waals surface area (Å²) in [6.45, 7) is 2.00. The molecule has 0 saturated carbocycles. The molecule has 1 aromatic heterocycles. The largest absolute Gasteiger partial charge is 0.497 e. The highest BCUT2D eigenvalue weighted by Gasteiger charge is 2.11. The van der Waals surface area contributed by atoms with Crippen LogP contribution in [-0.2, 0) is 11.2 Å². The smallest absolute Gasteiger partial charge is 0.217 e.